The highest BCUT2D eigenvalue weighted by Crippen LogP contribution is 2.51. The number of carbonyl (C=O) groups excluding carboxylic acids is 1. The van der Waals surface area contributed by atoms with Crippen LogP contribution in [0.4, 0.5) is 0 Å². The summed E-state index contributed by atoms with van der Waals surface area (Å²) < 4.78 is 0. The molecule has 2 heteroatoms. The smallest absolute Gasteiger partial charge is 0.140 e. The van der Waals surface area contributed by atoms with Gasteiger partial charge in [0.1, 0.15) is 5.78 Å². The Morgan fingerprint density at radius 3 is 2.47 bits per heavy atom. The number of Topliss-reactive ketones (excluding diaryl/α,β-unsaturated/α-hetero) is 1. The van der Waals surface area contributed by atoms with Crippen molar-refractivity contribution in [3.63, 3.8) is 0 Å². The summed E-state index contributed by atoms with van der Waals surface area (Å²) in [7, 11) is 0. The Morgan fingerprint density at radius 1 is 1.18 bits per heavy atom. The Labute approximate surface area is 104 Å². The van der Waals surface area contributed by atoms with E-state index in [9.17, 15) is 4.79 Å². The molecule has 96 valence electrons. The second-order valence-corrected chi connectivity index (χ2v) is 6.75. The largest absolute Gasteiger partial charge is 0.329 e. The van der Waals surface area contributed by atoms with Gasteiger partial charge in [0.15, 0.2) is 0 Å². The van der Waals surface area contributed by atoms with E-state index >= 15 is 0 Å². The molecule has 2 nitrogen and oxygen atoms in total. The summed E-state index contributed by atoms with van der Waals surface area (Å²) in [5.74, 6) is 3.05. The van der Waals surface area contributed by atoms with Gasteiger partial charge in [0, 0.05) is 18.4 Å². The van der Waals surface area contributed by atoms with E-state index in [1.165, 1.54) is 38.5 Å². The molecule has 3 rings (SSSR count). The summed E-state index contributed by atoms with van der Waals surface area (Å²) in [6, 6.07) is 0. The molecule has 3 unspecified atom stereocenters. The first-order valence-corrected chi connectivity index (χ1v) is 7.47. The van der Waals surface area contributed by atoms with Crippen LogP contribution in [-0.4, -0.2) is 12.3 Å². The van der Waals surface area contributed by atoms with Gasteiger partial charge in [0.2, 0.25) is 0 Å². The van der Waals surface area contributed by atoms with Crippen LogP contribution in [-0.2, 0) is 4.79 Å². The second kappa shape index (κ2) is 4.38. The molecule has 3 fully saturated rings. The Hall–Kier alpha value is -0.370. The quantitative estimate of drug-likeness (QED) is 0.814. The van der Waals surface area contributed by atoms with Gasteiger partial charge in [-0.15, -0.1) is 0 Å². The number of rotatable bonds is 4. The van der Waals surface area contributed by atoms with Gasteiger partial charge in [-0.3, -0.25) is 4.79 Å². The van der Waals surface area contributed by atoms with Crippen LogP contribution < -0.4 is 5.73 Å². The molecule has 0 aliphatic heterocycles. The molecule has 0 radical (unpaired) electrons. The van der Waals surface area contributed by atoms with Gasteiger partial charge >= 0.3 is 0 Å². The monoisotopic (exact) mass is 235 g/mol. The average Bonchev–Trinajstić information content (AvgIpc) is 3.05. The summed E-state index contributed by atoms with van der Waals surface area (Å²) in [4.78, 5) is 12.6. The molecule has 0 spiro atoms. The molecule has 3 aliphatic carbocycles. The second-order valence-electron chi connectivity index (χ2n) is 6.75. The van der Waals surface area contributed by atoms with E-state index in [2.05, 4.69) is 0 Å². The minimum atomic E-state index is -0.109. The van der Waals surface area contributed by atoms with E-state index in [1.807, 2.05) is 0 Å². The summed E-state index contributed by atoms with van der Waals surface area (Å²) in [5.41, 5.74) is 5.79. The Balaban J connectivity index is 1.63. The zero-order valence-corrected chi connectivity index (χ0v) is 10.8. The van der Waals surface area contributed by atoms with Gasteiger partial charge in [-0.25, -0.2) is 0 Å². The lowest BCUT2D eigenvalue weighted by Gasteiger charge is -2.29. The topological polar surface area (TPSA) is 43.1 Å². The summed E-state index contributed by atoms with van der Waals surface area (Å²) in [6.45, 7) is 0.590. The molecule has 3 atom stereocenters. The zero-order valence-electron chi connectivity index (χ0n) is 10.8. The molecule has 2 bridgehead atoms. The summed E-state index contributed by atoms with van der Waals surface area (Å²) in [6.07, 6.45) is 10.9. The molecule has 0 heterocycles. The minimum Gasteiger partial charge on any atom is -0.329 e. The summed E-state index contributed by atoms with van der Waals surface area (Å²) in [5, 5.41) is 0. The number of ketones is 1. The third kappa shape index (κ3) is 1.95. The van der Waals surface area contributed by atoms with Crippen LogP contribution in [0.15, 0.2) is 0 Å². The van der Waals surface area contributed by atoms with Crippen molar-refractivity contribution in [1.29, 1.82) is 0 Å². The SMILES string of the molecule is NCC1(C(=O)CC2CC3CCC2C3)CCCC1. The molecule has 3 saturated carbocycles. The van der Waals surface area contributed by atoms with Gasteiger partial charge < -0.3 is 5.73 Å². The van der Waals surface area contributed by atoms with E-state index in [-0.39, 0.29) is 5.41 Å². The predicted octanol–water partition coefficient (Wildman–Crippen LogP) is 2.90. The van der Waals surface area contributed by atoms with E-state index in [4.69, 9.17) is 5.73 Å². The first-order chi connectivity index (χ1) is 8.23. The highest BCUT2D eigenvalue weighted by Gasteiger charge is 2.44. The maximum Gasteiger partial charge on any atom is 0.140 e. The molecule has 0 saturated heterocycles. The molecule has 2 N–H and O–H groups in total. The predicted molar refractivity (Wildman–Crippen MR) is 68.5 cm³/mol. The van der Waals surface area contributed by atoms with Crippen LogP contribution in [0.3, 0.4) is 0 Å². The van der Waals surface area contributed by atoms with Crippen LogP contribution in [0, 0.1) is 23.2 Å². The zero-order chi connectivity index (χ0) is 11.9. The lowest BCUT2D eigenvalue weighted by molar-refractivity contribution is -0.129. The van der Waals surface area contributed by atoms with Gasteiger partial charge in [0.25, 0.3) is 0 Å². The van der Waals surface area contributed by atoms with Crippen molar-refractivity contribution in [2.24, 2.45) is 28.9 Å². The number of hydrogen-bond acceptors (Lipinski definition) is 2. The fourth-order valence-electron chi connectivity index (χ4n) is 4.73. The van der Waals surface area contributed by atoms with Crippen molar-refractivity contribution in [3.8, 4) is 0 Å². The molecule has 3 aliphatic rings. The minimum absolute atomic E-state index is 0.109. The number of nitrogens with two attached hydrogens (primary N) is 1. The highest BCUT2D eigenvalue weighted by molar-refractivity contribution is 5.85. The van der Waals surface area contributed by atoms with Crippen molar-refractivity contribution in [2.75, 3.05) is 6.54 Å². The van der Waals surface area contributed by atoms with E-state index in [0.29, 0.717) is 18.2 Å². The van der Waals surface area contributed by atoms with Crippen LogP contribution in [0.1, 0.15) is 57.8 Å². The number of hydrogen-bond donors (Lipinski definition) is 1. The van der Waals surface area contributed by atoms with Crippen molar-refractivity contribution < 1.29 is 4.79 Å². The Bertz CT molecular complexity index is 306. The molecule has 0 aromatic heterocycles. The first-order valence-electron chi connectivity index (χ1n) is 7.47. The van der Waals surface area contributed by atoms with Gasteiger partial charge in [0.05, 0.1) is 0 Å². The standard InChI is InChI=1S/C15H25NO/c16-10-15(5-1-2-6-15)14(17)9-13-8-11-3-4-12(13)7-11/h11-13H,1-10,16H2. The fraction of sp³-hybridized carbons (Fsp3) is 0.933. The van der Waals surface area contributed by atoms with E-state index in [0.717, 1.165) is 31.1 Å². The average molecular weight is 235 g/mol. The molecule has 0 aromatic carbocycles. The van der Waals surface area contributed by atoms with Crippen LogP contribution in [0.5, 0.6) is 0 Å². The molecular formula is C15H25NO. The fourth-order valence-corrected chi connectivity index (χ4v) is 4.73. The first kappa shape index (κ1) is 11.7. The lowest BCUT2D eigenvalue weighted by atomic mass is 9.75. The van der Waals surface area contributed by atoms with Crippen LogP contribution in [0.2, 0.25) is 0 Å². The van der Waals surface area contributed by atoms with Crippen LogP contribution >= 0.6 is 0 Å². The Morgan fingerprint density at radius 2 is 1.94 bits per heavy atom. The van der Waals surface area contributed by atoms with Gasteiger partial charge in [-0.05, 0) is 49.9 Å². The maximum absolute atomic E-state index is 12.6. The maximum atomic E-state index is 12.6. The third-order valence-corrected chi connectivity index (χ3v) is 5.88. The van der Waals surface area contributed by atoms with E-state index < -0.39 is 0 Å². The highest BCUT2D eigenvalue weighted by atomic mass is 16.1. The van der Waals surface area contributed by atoms with Gasteiger partial charge in [-0.1, -0.05) is 19.3 Å². The van der Waals surface area contributed by atoms with Crippen molar-refractivity contribution >= 4 is 5.78 Å². The van der Waals surface area contributed by atoms with Crippen LogP contribution in [0.25, 0.3) is 0 Å². The summed E-state index contributed by atoms with van der Waals surface area (Å²) >= 11 is 0. The number of carbonyl (C=O) groups is 1. The van der Waals surface area contributed by atoms with Crippen molar-refractivity contribution in [3.05, 3.63) is 0 Å². The van der Waals surface area contributed by atoms with Crippen molar-refractivity contribution in [1.82, 2.24) is 0 Å². The molecule has 0 amide bonds. The Kier molecular flexibility index (Phi) is 3.02. The van der Waals surface area contributed by atoms with Gasteiger partial charge in [-0.2, -0.15) is 0 Å². The lowest BCUT2D eigenvalue weighted by Crippen LogP contribution is -2.37. The molecule has 17 heavy (non-hydrogen) atoms. The number of fused-ring (bicyclic) bond motifs is 2. The van der Waals surface area contributed by atoms with E-state index in [1.54, 1.807) is 0 Å². The molecular weight excluding hydrogens is 210 g/mol. The normalized spacial score (nSPS) is 38.8. The molecule has 0 aromatic rings. The van der Waals surface area contributed by atoms with Crippen molar-refractivity contribution in [2.45, 2.75) is 57.8 Å². The third-order valence-electron chi connectivity index (χ3n) is 5.88.